The van der Waals surface area contributed by atoms with Gasteiger partial charge in [-0.3, -0.25) is 9.69 Å². The number of nitrogens with one attached hydrogen (secondary N) is 1. The van der Waals surface area contributed by atoms with Gasteiger partial charge in [-0.2, -0.15) is 8.78 Å². The van der Waals surface area contributed by atoms with Crippen LogP contribution in [0.2, 0.25) is 0 Å². The third kappa shape index (κ3) is 3.11. The van der Waals surface area contributed by atoms with Gasteiger partial charge < -0.3 is 14.8 Å². The molecule has 0 bridgehead atoms. The normalized spacial score (nSPS) is 31.6. The molecule has 0 spiro atoms. The zero-order chi connectivity index (χ0) is 17.4. The van der Waals surface area contributed by atoms with Gasteiger partial charge in [0.15, 0.2) is 0 Å². The number of rotatable bonds is 5. The van der Waals surface area contributed by atoms with Crippen LogP contribution in [-0.2, 0) is 4.74 Å². The van der Waals surface area contributed by atoms with Crippen LogP contribution in [0.1, 0.15) is 29.6 Å². The Labute approximate surface area is 145 Å². The highest BCUT2D eigenvalue weighted by Gasteiger charge is 2.56. The van der Waals surface area contributed by atoms with E-state index in [2.05, 4.69) is 15.0 Å². The van der Waals surface area contributed by atoms with Crippen LogP contribution >= 0.6 is 0 Å². The number of hydrogen-bond acceptors (Lipinski definition) is 4. The maximum Gasteiger partial charge on any atom is 0.387 e. The Morgan fingerprint density at radius 3 is 2.80 bits per heavy atom. The fraction of sp³-hybridized carbons (Fsp3) is 0.611. The molecule has 136 valence electrons. The van der Waals surface area contributed by atoms with Crippen LogP contribution in [0, 0.1) is 5.92 Å². The molecule has 25 heavy (non-hydrogen) atoms. The molecule has 5 nitrogen and oxygen atoms in total. The molecular weight excluding hydrogens is 330 g/mol. The standard InChI is InChI=1S/C18H22F2N2O3/c19-18(20)25-13-6-2-1-5-11(13)17(23)21-14-12-7-10-24-16(12)15(14)22-8-3-4-9-22/h1-2,5-6,12,14-16,18H,3-4,7-10H2,(H,21,23)/t12-,14+,15-,16-/m1/s1. The minimum absolute atomic E-state index is 0.00212. The Balaban J connectivity index is 1.50. The maximum absolute atomic E-state index is 12.7. The maximum atomic E-state index is 12.7. The van der Waals surface area contributed by atoms with Crippen molar-refractivity contribution in [3.8, 4) is 5.75 Å². The molecule has 1 amide bonds. The van der Waals surface area contributed by atoms with Crippen molar-refractivity contribution in [3.63, 3.8) is 0 Å². The number of likely N-dealkylation sites (tertiary alicyclic amines) is 1. The molecule has 1 saturated carbocycles. The zero-order valence-electron chi connectivity index (χ0n) is 13.9. The SMILES string of the molecule is O=C(N[C@H]1[C@H]2CCO[C@H]2[C@@H]1N1CCCC1)c1ccccc1OC(F)F. The molecule has 1 N–H and O–H groups in total. The molecule has 1 aromatic carbocycles. The van der Waals surface area contributed by atoms with E-state index < -0.39 is 6.61 Å². The average molecular weight is 352 g/mol. The average Bonchev–Trinajstić information content (AvgIpc) is 3.23. The second kappa shape index (κ2) is 6.88. The molecule has 3 fully saturated rings. The van der Waals surface area contributed by atoms with Crippen molar-refractivity contribution in [2.24, 2.45) is 5.92 Å². The first-order chi connectivity index (χ1) is 12.1. The van der Waals surface area contributed by atoms with Crippen molar-refractivity contribution in [2.75, 3.05) is 19.7 Å². The molecule has 0 radical (unpaired) electrons. The summed E-state index contributed by atoms with van der Waals surface area (Å²) in [4.78, 5) is 15.1. The molecule has 7 heteroatoms. The summed E-state index contributed by atoms with van der Waals surface area (Å²) < 4.78 is 35.5. The molecule has 2 heterocycles. The molecule has 0 unspecified atom stereocenters. The van der Waals surface area contributed by atoms with Gasteiger partial charge in [0.1, 0.15) is 5.75 Å². The number of carbonyl (C=O) groups is 1. The van der Waals surface area contributed by atoms with Gasteiger partial charge in [0.25, 0.3) is 5.91 Å². The first kappa shape index (κ1) is 16.7. The van der Waals surface area contributed by atoms with Gasteiger partial charge in [0.2, 0.25) is 0 Å². The molecule has 1 aliphatic carbocycles. The molecule has 4 rings (SSSR count). The monoisotopic (exact) mass is 352 g/mol. The predicted molar refractivity (Wildman–Crippen MR) is 86.8 cm³/mol. The summed E-state index contributed by atoms with van der Waals surface area (Å²) in [6, 6.07) is 6.31. The summed E-state index contributed by atoms with van der Waals surface area (Å²) in [5.74, 6) is -0.153. The molecule has 2 saturated heterocycles. The summed E-state index contributed by atoms with van der Waals surface area (Å²) in [7, 11) is 0. The lowest BCUT2D eigenvalue weighted by molar-refractivity contribution is -0.0748. The second-order valence-electron chi connectivity index (χ2n) is 6.90. The number of ether oxygens (including phenoxy) is 2. The number of hydrogen-bond donors (Lipinski definition) is 1. The highest BCUT2D eigenvalue weighted by atomic mass is 19.3. The first-order valence-electron chi connectivity index (χ1n) is 8.85. The van der Waals surface area contributed by atoms with Crippen LogP contribution < -0.4 is 10.1 Å². The number of alkyl halides is 2. The van der Waals surface area contributed by atoms with Crippen LogP contribution in [0.4, 0.5) is 8.78 Å². The van der Waals surface area contributed by atoms with E-state index in [0.29, 0.717) is 5.92 Å². The lowest BCUT2D eigenvalue weighted by Gasteiger charge is -2.51. The number of halogens is 2. The van der Waals surface area contributed by atoms with Crippen molar-refractivity contribution >= 4 is 5.91 Å². The van der Waals surface area contributed by atoms with Gasteiger partial charge in [-0.05, 0) is 44.5 Å². The summed E-state index contributed by atoms with van der Waals surface area (Å²) in [5, 5.41) is 3.06. The lowest BCUT2D eigenvalue weighted by atomic mass is 9.70. The lowest BCUT2D eigenvalue weighted by Crippen LogP contribution is -2.70. The van der Waals surface area contributed by atoms with Crippen LogP contribution in [0.15, 0.2) is 24.3 Å². The van der Waals surface area contributed by atoms with E-state index in [1.54, 1.807) is 12.1 Å². The fourth-order valence-electron chi connectivity index (χ4n) is 4.43. The Morgan fingerprint density at radius 2 is 2.04 bits per heavy atom. The van der Waals surface area contributed by atoms with Crippen molar-refractivity contribution in [2.45, 2.75) is 44.1 Å². The van der Waals surface area contributed by atoms with Gasteiger partial charge in [-0.15, -0.1) is 0 Å². The van der Waals surface area contributed by atoms with Gasteiger partial charge >= 0.3 is 6.61 Å². The van der Waals surface area contributed by atoms with Crippen molar-refractivity contribution in [1.82, 2.24) is 10.2 Å². The smallest absolute Gasteiger partial charge is 0.387 e. The number of fused-ring (bicyclic) bond motifs is 1. The second-order valence-corrected chi connectivity index (χ2v) is 6.90. The Kier molecular flexibility index (Phi) is 4.60. The van der Waals surface area contributed by atoms with E-state index in [1.807, 2.05) is 0 Å². The number of carbonyl (C=O) groups excluding carboxylic acids is 1. The first-order valence-corrected chi connectivity index (χ1v) is 8.85. The van der Waals surface area contributed by atoms with Crippen LogP contribution in [-0.4, -0.2) is 55.3 Å². The van der Waals surface area contributed by atoms with Gasteiger partial charge in [0, 0.05) is 12.5 Å². The molecule has 2 aliphatic heterocycles. The predicted octanol–water partition coefficient (Wildman–Crippen LogP) is 2.27. The topological polar surface area (TPSA) is 50.8 Å². The molecule has 4 atom stereocenters. The van der Waals surface area contributed by atoms with E-state index >= 15 is 0 Å². The van der Waals surface area contributed by atoms with Crippen molar-refractivity contribution < 1.29 is 23.0 Å². The number of amides is 1. The summed E-state index contributed by atoms with van der Waals surface area (Å²) in [5.41, 5.74) is 0.144. The number of benzene rings is 1. The Bertz CT molecular complexity index is 632. The molecular formula is C18H22F2N2O3. The fourth-order valence-corrected chi connectivity index (χ4v) is 4.43. The van der Waals surface area contributed by atoms with Gasteiger partial charge in [-0.25, -0.2) is 0 Å². The Morgan fingerprint density at radius 1 is 1.28 bits per heavy atom. The van der Waals surface area contributed by atoms with Gasteiger partial charge in [-0.1, -0.05) is 12.1 Å². The molecule has 3 aliphatic rings. The summed E-state index contributed by atoms with van der Waals surface area (Å²) >= 11 is 0. The third-order valence-corrected chi connectivity index (χ3v) is 5.56. The van der Waals surface area contributed by atoms with Crippen molar-refractivity contribution in [3.05, 3.63) is 29.8 Å². The number of nitrogens with zero attached hydrogens (tertiary/aromatic N) is 1. The largest absolute Gasteiger partial charge is 0.434 e. The van der Waals surface area contributed by atoms with E-state index in [1.165, 1.54) is 25.0 Å². The zero-order valence-corrected chi connectivity index (χ0v) is 13.9. The van der Waals surface area contributed by atoms with E-state index in [0.717, 1.165) is 26.1 Å². The van der Waals surface area contributed by atoms with Crippen LogP contribution in [0.25, 0.3) is 0 Å². The van der Waals surface area contributed by atoms with Crippen LogP contribution in [0.3, 0.4) is 0 Å². The minimum Gasteiger partial charge on any atom is -0.434 e. The van der Waals surface area contributed by atoms with Gasteiger partial charge in [0.05, 0.1) is 23.8 Å². The highest BCUT2D eigenvalue weighted by molar-refractivity contribution is 5.97. The minimum atomic E-state index is -2.96. The van der Waals surface area contributed by atoms with Crippen LogP contribution in [0.5, 0.6) is 5.75 Å². The van der Waals surface area contributed by atoms with E-state index in [-0.39, 0.29) is 35.4 Å². The summed E-state index contributed by atoms with van der Waals surface area (Å²) in [6.07, 6.45) is 3.44. The number of para-hydroxylation sites is 1. The molecule has 1 aromatic rings. The summed E-state index contributed by atoms with van der Waals surface area (Å²) in [6.45, 7) is -0.192. The molecule has 0 aromatic heterocycles. The Hall–Kier alpha value is -1.73. The highest BCUT2D eigenvalue weighted by Crippen LogP contribution is 2.43. The van der Waals surface area contributed by atoms with E-state index in [4.69, 9.17) is 4.74 Å². The van der Waals surface area contributed by atoms with E-state index in [9.17, 15) is 13.6 Å². The van der Waals surface area contributed by atoms with Crippen molar-refractivity contribution in [1.29, 1.82) is 0 Å². The quantitative estimate of drug-likeness (QED) is 0.883. The third-order valence-electron chi connectivity index (χ3n) is 5.56.